The van der Waals surface area contributed by atoms with Crippen LogP contribution in [0.15, 0.2) is 0 Å². The van der Waals surface area contributed by atoms with Crippen molar-refractivity contribution < 1.29 is 0 Å². The molecule has 0 aliphatic carbocycles. The molecular weight excluding hydrogens is 196 g/mol. The lowest BCUT2D eigenvalue weighted by Crippen LogP contribution is -2.50. The number of thioether (sulfide) groups is 1. The van der Waals surface area contributed by atoms with Gasteiger partial charge in [0, 0.05) is 13.5 Å². The molecule has 0 aromatic rings. The summed E-state index contributed by atoms with van der Waals surface area (Å²) in [4.78, 5) is 2.89. The minimum absolute atomic E-state index is 0.413. The summed E-state index contributed by atoms with van der Waals surface area (Å²) in [5.74, 6) is 0. The summed E-state index contributed by atoms with van der Waals surface area (Å²) in [6.45, 7) is 0. The van der Waals surface area contributed by atoms with Crippen molar-refractivity contribution in [3.8, 4) is 0 Å². The molecule has 1 saturated heterocycles. The number of hydrogen-bond acceptors (Lipinski definition) is 3. The first-order valence-corrected chi connectivity index (χ1v) is 5.35. The van der Waals surface area contributed by atoms with Crippen LogP contribution in [0.4, 0.5) is 0 Å². The highest BCUT2D eigenvalue weighted by Gasteiger charge is 2.23. The molecule has 0 amide bonds. The van der Waals surface area contributed by atoms with E-state index in [0.717, 1.165) is 16.5 Å². The van der Waals surface area contributed by atoms with Gasteiger partial charge in [0.2, 0.25) is 0 Å². The Balaban J connectivity index is 2.66. The molecule has 0 radical (unpaired) electrons. The van der Waals surface area contributed by atoms with Crippen LogP contribution in [0, 0.1) is 0 Å². The predicted octanol–water partition coefficient (Wildman–Crippen LogP) is 1.21. The second kappa shape index (κ2) is 3.69. The molecule has 0 aromatic heterocycles. The van der Waals surface area contributed by atoms with Crippen LogP contribution < -0.4 is 5.32 Å². The van der Waals surface area contributed by atoms with Gasteiger partial charge in [-0.3, -0.25) is 0 Å². The van der Waals surface area contributed by atoms with E-state index >= 15 is 0 Å². The van der Waals surface area contributed by atoms with Crippen LogP contribution in [0.25, 0.3) is 0 Å². The van der Waals surface area contributed by atoms with Crippen molar-refractivity contribution in [2.75, 3.05) is 13.3 Å². The Bertz CT molecular complexity index is 192. The Labute approximate surface area is 81.7 Å². The smallest absolute Gasteiger partial charge is 0.174 e. The SMILES string of the molecule is CS[C@H]1CC(=S)NC(=S)N1C. The van der Waals surface area contributed by atoms with Crippen LogP contribution in [0.2, 0.25) is 0 Å². The normalized spacial score (nSPS) is 25.3. The maximum Gasteiger partial charge on any atom is 0.174 e. The lowest BCUT2D eigenvalue weighted by atomic mass is 10.3. The van der Waals surface area contributed by atoms with Crippen LogP contribution in [-0.2, 0) is 0 Å². The van der Waals surface area contributed by atoms with Crippen molar-refractivity contribution in [1.82, 2.24) is 10.2 Å². The van der Waals surface area contributed by atoms with Crippen LogP contribution in [0.1, 0.15) is 6.42 Å². The Hall–Kier alpha value is 0.130. The average Bonchev–Trinajstić information content (AvgIpc) is 1.96. The molecule has 62 valence electrons. The fourth-order valence-corrected chi connectivity index (χ4v) is 2.42. The maximum atomic E-state index is 5.06. The monoisotopic (exact) mass is 206 g/mol. The van der Waals surface area contributed by atoms with Gasteiger partial charge in [-0.2, -0.15) is 0 Å². The zero-order chi connectivity index (χ0) is 8.43. The molecular formula is C6H10N2S3. The molecule has 0 spiro atoms. The summed E-state index contributed by atoms with van der Waals surface area (Å²) in [6.07, 6.45) is 2.96. The molecule has 1 aliphatic heterocycles. The maximum absolute atomic E-state index is 5.06. The van der Waals surface area contributed by atoms with Gasteiger partial charge in [-0.15, -0.1) is 11.8 Å². The van der Waals surface area contributed by atoms with E-state index in [-0.39, 0.29) is 0 Å². The summed E-state index contributed by atoms with van der Waals surface area (Å²) in [7, 11) is 1.98. The lowest BCUT2D eigenvalue weighted by Gasteiger charge is -2.34. The first kappa shape index (κ1) is 9.22. The van der Waals surface area contributed by atoms with Crippen LogP contribution in [0.3, 0.4) is 0 Å². The molecule has 1 fully saturated rings. The highest BCUT2D eigenvalue weighted by Crippen LogP contribution is 2.18. The topological polar surface area (TPSA) is 15.3 Å². The first-order chi connectivity index (χ1) is 5.15. The third kappa shape index (κ3) is 2.04. The van der Waals surface area contributed by atoms with Gasteiger partial charge in [0.05, 0.1) is 10.4 Å². The fourth-order valence-electron chi connectivity index (χ4n) is 0.926. The quantitative estimate of drug-likeness (QED) is 0.647. The Kier molecular flexibility index (Phi) is 3.09. The van der Waals surface area contributed by atoms with E-state index in [2.05, 4.69) is 11.6 Å². The van der Waals surface area contributed by atoms with Gasteiger partial charge in [0.25, 0.3) is 0 Å². The summed E-state index contributed by atoms with van der Waals surface area (Å²) in [6, 6.07) is 0. The Morgan fingerprint density at radius 3 is 2.82 bits per heavy atom. The highest BCUT2D eigenvalue weighted by atomic mass is 32.2. The van der Waals surface area contributed by atoms with E-state index in [9.17, 15) is 0 Å². The summed E-state index contributed by atoms with van der Waals surface area (Å²) >= 11 is 11.9. The van der Waals surface area contributed by atoms with Gasteiger partial charge in [-0.05, 0) is 18.5 Å². The molecule has 0 aromatic carbocycles. The van der Waals surface area contributed by atoms with Crippen LogP contribution >= 0.6 is 36.2 Å². The van der Waals surface area contributed by atoms with Gasteiger partial charge in [-0.1, -0.05) is 12.2 Å². The number of thiocarbonyl (C=S) groups is 2. The second-order valence-corrected chi connectivity index (χ2v) is 4.25. The van der Waals surface area contributed by atoms with Gasteiger partial charge < -0.3 is 10.2 Å². The van der Waals surface area contributed by atoms with Crippen LogP contribution in [0.5, 0.6) is 0 Å². The number of hydrogen-bond donors (Lipinski definition) is 1. The van der Waals surface area contributed by atoms with Crippen molar-refractivity contribution in [3.05, 3.63) is 0 Å². The summed E-state index contributed by atoms with van der Waals surface area (Å²) in [5.41, 5.74) is 0. The lowest BCUT2D eigenvalue weighted by molar-refractivity contribution is 0.466. The molecule has 1 rings (SSSR count). The van der Waals surface area contributed by atoms with Crippen LogP contribution in [-0.4, -0.2) is 33.7 Å². The zero-order valence-corrected chi connectivity index (χ0v) is 8.91. The highest BCUT2D eigenvalue weighted by molar-refractivity contribution is 7.99. The van der Waals surface area contributed by atoms with E-state index in [1.165, 1.54) is 0 Å². The molecule has 1 heterocycles. The number of rotatable bonds is 1. The molecule has 11 heavy (non-hydrogen) atoms. The molecule has 1 N–H and O–H groups in total. The summed E-state index contributed by atoms with van der Waals surface area (Å²) in [5, 5.41) is 4.12. The third-order valence-electron chi connectivity index (χ3n) is 1.63. The Morgan fingerprint density at radius 2 is 2.27 bits per heavy atom. The van der Waals surface area contributed by atoms with E-state index in [1.54, 1.807) is 11.8 Å². The standard InChI is InChI=1S/C6H10N2S3/c1-8-5(11-2)3-4(9)7-6(8)10/h5H,3H2,1-2H3,(H,7,9,10)/t5-/m0/s1. The largest absolute Gasteiger partial charge is 0.340 e. The van der Waals surface area contributed by atoms with E-state index in [0.29, 0.717) is 5.37 Å². The van der Waals surface area contributed by atoms with E-state index in [1.807, 2.05) is 11.9 Å². The molecule has 2 nitrogen and oxygen atoms in total. The third-order valence-corrected chi connectivity index (χ3v) is 3.32. The minimum atomic E-state index is 0.413. The first-order valence-electron chi connectivity index (χ1n) is 3.24. The molecule has 0 saturated carbocycles. The van der Waals surface area contributed by atoms with Crippen molar-refractivity contribution >= 4 is 46.3 Å². The van der Waals surface area contributed by atoms with E-state index in [4.69, 9.17) is 24.4 Å². The molecule has 1 aliphatic rings. The fraction of sp³-hybridized carbons (Fsp3) is 0.667. The minimum Gasteiger partial charge on any atom is -0.340 e. The molecule has 0 bridgehead atoms. The van der Waals surface area contributed by atoms with Crippen molar-refractivity contribution in [2.24, 2.45) is 0 Å². The molecule has 0 unspecified atom stereocenters. The second-order valence-electron chi connectivity index (χ2n) is 2.36. The molecule has 1 atom stereocenters. The van der Waals surface area contributed by atoms with Gasteiger partial charge in [0.1, 0.15) is 0 Å². The van der Waals surface area contributed by atoms with Crippen molar-refractivity contribution in [1.29, 1.82) is 0 Å². The molecule has 5 heteroatoms. The number of nitrogens with one attached hydrogen (secondary N) is 1. The predicted molar refractivity (Wildman–Crippen MR) is 58.0 cm³/mol. The van der Waals surface area contributed by atoms with Gasteiger partial charge in [-0.25, -0.2) is 0 Å². The summed E-state index contributed by atoms with van der Waals surface area (Å²) < 4.78 is 0. The average molecular weight is 206 g/mol. The van der Waals surface area contributed by atoms with Gasteiger partial charge in [0.15, 0.2) is 5.11 Å². The zero-order valence-electron chi connectivity index (χ0n) is 6.46. The van der Waals surface area contributed by atoms with E-state index < -0.39 is 0 Å². The Morgan fingerprint density at radius 1 is 1.64 bits per heavy atom. The van der Waals surface area contributed by atoms with Crippen molar-refractivity contribution in [3.63, 3.8) is 0 Å². The number of nitrogens with zero attached hydrogens (tertiary/aromatic N) is 1. The van der Waals surface area contributed by atoms with Crippen molar-refractivity contribution in [2.45, 2.75) is 11.8 Å². The van der Waals surface area contributed by atoms with Gasteiger partial charge >= 0.3 is 0 Å².